The Labute approximate surface area is 95.9 Å². The molecule has 0 aliphatic carbocycles. The molecular weight excluding hydrogens is 256 g/mol. The van der Waals surface area contributed by atoms with Crippen molar-refractivity contribution in [1.29, 1.82) is 0 Å². The minimum Gasteiger partial charge on any atom is -0.309 e. The summed E-state index contributed by atoms with van der Waals surface area (Å²) in [6, 6.07) is 0.427. The van der Waals surface area contributed by atoms with Crippen LogP contribution in [-0.4, -0.2) is 20.9 Å². The molecular formula is C10H11BrN4. The van der Waals surface area contributed by atoms with Crippen molar-refractivity contribution >= 4 is 21.7 Å². The summed E-state index contributed by atoms with van der Waals surface area (Å²) in [5.74, 6) is 0.766. The van der Waals surface area contributed by atoms with E-state index in [1.54, 1.807) is 6.20 Å². The molecule has 0 saturated carbocycles. The predicted molar refractivity (Wildman–Crippen MR) is 60.7 cm³/mol. The minimum absolute atomic E-state index is 0.427. The second kappa shape index (κ2) is 3.57. The molecule has 3 rings (SSSR count). The number of hydrogen-bond donors (Lipinski definition) is 1. The lowest BCUT2D eigenvalue weighted by molar-refractivity contribution is 0.621. The van der Waals surface area contributed by atoms with Gasteiger partial charge in [0.25, 0.3) is 0 Å². The molecule has 0 amide bonds. The zero-order valence-electron chi connectivity index (χ0n) is 8.15. The minimum atomic E-state index is 0.427. The monoisotopic (exact) mass is 266 g/mol. The molecule has 1 N–H and O–H groups in total. The summed E-state index contributed by atoms with van der Waals surface area (Å²) >= 11 is 3.43. The normalized spacial score (nSPS) is 21.3. The van der Waals surface area contributed by atoms with Crippen molar-refractivity contribution in [3.63, 3.8) is 0 Å². The third-order valence-electron chi connectivity index (χ3n) is 2.78. The van der Waals surface area contributed by atoms with Crippen LogP contribution < -0.4 is 5.32 Å². The number of nitrogens with one attached hydrogen (secondary N) is 1. The Bertz CT molecular complexity index is 487. The van der Waals surface area contributed by atoms with Gasteiger partial charge in [0.2, 0.25) is 5.78 Å². The Morgan fingerprint density at radius 1 is 1.40 bits per heavy atom. The average molecular weight is 267 g/mol. The third kappa shape index (κ3) is 1.55. The highest BCUT2D eigenvalue weighted by Crippen LogP contribution is 2.23. The van der Waals surface area contributed by atoms with Crippen molar-refractivity contribution < 1.29 is 0 Å². The Morgan fingerprint density at radius 3 is 3.07 bits per heavy atom. The van der Waals surface area contributed by atoms with Crippen LogP contribution in [0.5, 0.6) is 0 Å². The highest BCUT2D eigenvalue weighted by atomic mass is 79.9. The molecule has 3 heterocycles. The summed E-state index contributed by atoms with van der Waals surface area (Å²) in [5.41, 5.74) is 1.20. The van der Waals surface area contributed by atoms with Gasteiger partial charge in [0.1, 0.15) is 0 Å². The molecule has 15 heavy (non-hydrogen) atoms. The van der Waals surface area contributed by atoms with Gasteiger partial charge in [-0.1, -0.05) is 0 Å². The Morgan fingerprint density at radius 2 is 2.27 bits per heavy atom. The van der Waals surface area contributed by atoms with E-state index in [1.165, 1.54) is 18.5 Å². The maximum atomic E-state index is 4.30. The van der Waals surface area contributed by atoms with E-state index < -0.39 is 0 Å². The molecule has 1 unspecified atom stereocenters. The third-order valence-corrected chi connectivity index (χ3v) is 3.19. The molecule has 1 fully saturated rings. The molecule has 5 heteroatoms. The largest absolute Gasteiger partial charge is 0.309 e. The molecule has 1 saturated heterocycles. The van der Waals surface area contributed by atoms with E-state index in [0.717, 1.165) is 16.8 Å². The fourth-order valence-electron chi connectivity index (χ4n) is 2.06. The van der Waals surface area contributed by atoms with Crippen molar-refractivity contribution in [2.75, 3.05) is 6.54 Å². The van der Waals surface area contributed by atoms with Gasteiger partial charge in [-0.2, -0.15) is 0 Å². The molecule has 0 aromatic carbocycles. The molecule has 78 valence electrons. The predicted octanol–water partition coefficient (Wildman–Crippen LogP) is 1.92. The standard InChI is InChI=1S/C10H11BrN4/c11-7-4-13-10-14-5-9(15(10)6-7)8-2-1-3-12-8/h4-6,8,12H,1-3H2. The van der Waals surface area contributed by atoms with Gasteiger partial charge in [-0.15, -0.1) is 0 Å². The van der Waals surface area contributed by atoms with Gasteiger partial charge in [0, 0.05) is 18.4 Å². The van der Waals surface area contributed by atoms with E-state index in [9.17, 15) is 0 Å². The fraction of sp³-hybridized carbons (Fsp3) is 0.400. The Kier molecular flexibility index (Phi) is 2.21. The quantitative estimate of drug-likeness (QED) is 0.858. The first-order valence-corrected chi connectivity index (χ1v) is 5.86. The Balaban J connectivity index is 2.13. The lowest BCUT2D eigenvalue weighted by Crippen LogP contribution is -2.14. The maximum Gasteiger partial charge on any atom is 0.234 e. The van der Waals surface area contributed by atoms with Gasteiger partial charge < -0.3 is 5.32 Å². The number of rotatable bonds is 1. The van der Waals surface area contributed by atoms with Crippen molar-refractivity contribution in [2.45, 2.75) is 18.9 Å². The first-order chi connectivity index (χ1) is 7.34. The highest BCUT2D eigenvalue weighted by molar-refractivity contribution is 9.10. The van der Waals surface area contributed by atoms with Crippen molar-refractivity contribution in [2.24, 2.45) is 0 Å². The molecule has 4 nitrogen and oxygen atoms in total. The van der Waals surface area contributed by atoms with Crippen LogP contribution >= 0.6 is 15.9 Å². The molecule has 2 aromatic heterocycles. The van der Waals surface area contributed by atoms with Crippen LogP contribution in [0.15, 0.2) is 23.1 Å². The zero-order valence-corrected chi connectivity index (χ0v) is 9.74. The van der Waals surface area contributed by atoms with E-state index in [1.807, 2.05) is 16.8 Å². The molecule has 0 spiro atoms. The van der Waals surface area contributed by atoms with E-state index in [2.05, 4.69) is 31.2 Å². The summed E-state index contributed by atoms with van der Waals surface area (Å²) in [7, 11) is 0. The number of nitrogens with zero attached hydrogens (tertiary/aromatic N) is 3. The second-order valence-corrected chi connectivity index (χ2v) is 4.69. The first kappa shape index (κ1) is 9.30. The van der Waals surface area contributed by atoms with Crippen LogP contribution in [-0.2, 0) is 0 Å². The van der Waals surface area contributed by atoms with E-state index in [0.29, 0.717) is 6.04 Å². The molecule has 0 radical (unpaired) electrons. The molecule has 1 aliphatic rings. The van der Waals surface area contributed by atoms with Crippen LogP contribution in [0.2, 0.25) is 0 Å². The van der Waals surface area contributed by atoms with Crippen molar-refractivity contribution in [1.82, 2.24) is 19.7 Å². The van der Waals surface area contributed by atoms with Crippen molar-refractivity contribution in [3.05, 3.63) is 28.8 Å². The Hall–Kier alpha value is -0.940. The van der Waals surface area contributed by atoms with Gasteiger partial charge in [0.05, 0.1) is 16.4 Å². The van der Waals surface area contributed by atoms with Gasteiger partial charge in [-0.05, 0) is 35.3 Å². The SMILES string of the molecule is Brc1cnc2ncc(C3CCCN3)n2c1. The van der Waals surface area contributed by atoms with Gasteiger partial charge >= 0.3 is 0 Å². The highest BCUT2D eigenvalue weighted by Gasteiger charge is 2.19. The maximum absolute atomic E-state index is 4.30. The lowest BCUT2D eigenvalue weighted by atomic mass is 10.2. The van der Waals surface area contributed by atoms with Gasteiger partial charge in [0.15, 0.2) is 0 Å². The van der Waals surface area contributed by atoms with Gasteiger partial charge in [-0.3, -0.25) is 4.40 Å². The van der Waals surface area contributed by atoms with E-state index in [-0.39, 0.29) is 0 Å². The van der Waals surface area contributed by atoms with Crippen LogP contribution in [0.4, 0.5) is 0 Å². The van der Waals surface area contributed by atoms with Crippen LogP contribution in [0, 0.1) is 0 Å². The summed E-state index contributed by atoms with van der Waals surface area (Å²) in [6.07, 6.45) is 8.12. The van der Waals surface area contributed by atoms with E-state index in [4.69, 9.17) is 0 Å². The van der Waals surface area contributed by atoms with Crippen LogP contribution in [0.1, 0.15) is 24.6 Å². The molecule has 1 atom stereocenters. The molecule has 0 bridgehead atoms. The summed E-state index contributed by atoms with van der Waals surface area (Å²) in [6.45, 7) is 1.10. The first-order valence-electron chi connectivity index (χ1n) is 5.06. The fourth-order valence-corrected chi connectivity index (χ4v) is 2.37. The topological polar surface area (TPSA) is 42.2 Å². The second-order valence-electron chi connectivity index (χ2n) is 3.77. The van der Waals surface area contributed by atoms with Crippen LogP contribution in [0.3, 0.4) is 0 Å². The molecule has 1 aliphatic heterocycles. The zero-order chi connectivity index (χ0) is 10.3. The smallest absolute Gasteiger partial charge is 0.234 e. The summed E-state index contributed by atoms with van der Waals surface area (Å²) in [4.78, 5) is 8.55. The summed E-state index contributed by atoms with van der Waals surface area (Å²) < 4.78 is 3.03. The average Bonchev–Trinajstić information content (AvgIpc) is 2.83. The lowest BCUT2D eigenvalue weighted by Gasteiger charge is -2.09. The number of halogens is 1. The number of aromatic nitrogens is 3. The van der Waals surface area contributed by atoms with Crippen LogP contribution in [0.25, 0.3) is 5.78 Å². The van der Waals surface area contributed by atoms with E-state index >= 15 is 0 Å². The number of fused-ring (bicyclic) bond motifs is 1. The number of hydrogen-bond acceptors (Lipinski definition) is 3. The molecule has 2 aromatic rings. The van der Waals surface area contributed by atoms with Gasteiger partial charge in [-0.25, -0.2) is 9.97 Å². The number of imidazole rings is 1. The van der Waals surface area contributed by atoms with Crippen molar-refractivity contribution in [3.8, 4) is 0 Å². The summed E-state index contributed by atoms with van der Waals surface area (Å²) in [5, 5.41) is 3.47.